The van der Waals surface area contributed by atoms with Gasteiger partial charge in [-0.25, -0.2) is 0 Å². The predicted molar refractivity (Wildman–Crippen MR) is 85.6 cm³/mol. The lowest BCUT2D eigenvalue weighted by atomic mass is 9.83. The molecule has 0 fully saturated rings. The lowest BCUT2D eigenvalue weighted by Gasteiger charge is -2.27. The van der Waals surface area contributed by atoms with Crippen molar-refractivity contribution in [3.63, 3.8) is 0 Å². The summed E-state index contributed by atoms with van der Waals surface area (Å²) in [7, 11) is 0. The van der Waals surface area contributed by atoms with Crippen LogP contribution in [0.2, 0.25) is 0 Å². The van der Waals surface area contributed by atoms with Crippen LogP contribution in [0.5, 0.6) is 0 Å². The molecule has 3 rings (SSSR count). The molecule has 0 amide bonds. The van der Waals surface area contributed by atoms with Crippen molar-refractivity contribution in [1.82, 2.24) is 0 Å². The van der Waals surface area contributed by atoms with E-state index >= 15 is 0 Å². The molecule has 116 valence electrons. The molecule has 1 atom stereocenters. The van der Waals surface area contributed by atoms with Crippen LogP contribution in [0.3, 0.4) is 0 Å². The van der Waals surface area contributed by atoms with Crippen molar-refractivity contribution < 1.29 is 19.8 Å². The summed E-state index contributed by atoms with van der Waals surface area (Å²) in [5, 5.41) is 20.4. The standard InChI is InChI=1S/C19H16O4/c20-16-12-19(23,14-9-5-2-6-10-14)18(15(16)11-17(21)22)13-7-3-1-4-8-13/h1-10,23H,11-12H2,(H,21,22)/t19-/m1/s1. The SMILES string of the molecule is O=C(O)CC1=C(c2ccccc2)[C@](O)(c2ccccc2)CC1=O. The van der Waals surface area contributed by atoms with E-state index in [0.717, 1.165) is 0 Å². The zero-order valence-electron chi connectivity index (χ0n) is 12.4. The maximum absolute atomic E-state index is 12.4. The van der Waals surface area contributed by atoms with Gasteiger partial charge in [0.25, 0.3) is 0 Å². The van der Waals surface area contributed by atoms with Gasteiger partial charge < -0.3 is 10.2 Å². The molecule has 0 aromatic heterocycles. The van der Waals surface area contributed by atoms with Gasteiger partial charge in [0.1, 0.15) is 5.60 Å². The average Bonchev–Trinajstić information content (AvgIpc) is 2.80. The molecule has 0 spiro atoms. The number of rotatable bonds is 4. The third-order valence-corrected chi connectivity index (χ3v) is 4.11. The Morgan fingerprint density at radius 3 is 2.13 bits per heavy atom. The van der Waals surface area contributed by atoms with Gasteiger partial charge >= 0.3 is 5.97 Å². The van der Waals surface area contributed by atoms with Crippen LogP contribution in [0, 0.1) is 0 Å². The predicted octanol–water partition coefficient (Wildman–Crippen LogP) is 2.78. The lowest BCUT2D eigenvalue weighted by molar-refractivity contribution is -0.137. The first kappa shape index (κ1) is 15.2. The van der Waals surface area contributed by atoms with E-state index in [1.54, 1.807) is 48.5 Å². The van der Waals surface area contributed by atoms with Crippen molar-refractivity contribution in [2.45, 2.75) is 18.4 Å². The van der Waals surface area contributed by atoms with Crippen LogP contribution in [0.15, 0.2) is 66.2 Å². The Hall–Kier alpha value is -2.72. The number of benzene rings is 2. The molecule has 0 saturated carbocycles. The van der Waals surface area contributed by atoms with E-state index in [2.05, 4.69) is 0 Å². The van der Waals surface area contributed by atoms with Crippen LogP contribution in [-0.2, 0) is 15.2 Å². The smallest absolute Gasteiger partial charge is 0.307 e. The molecule has 1 aliphatic carbocycles. The molecule has 4 heteroatoms. The Kier molecular flexibility index (Phi) is 3.84. The van der Waals surface area contributed by atoms with E-state index in [9.17, 15) is 14.7 Å². The van der Waals surface area contributed by atoms with Crippen LogP contribution < -0.4 is 0 Å². The molecule has 23 heavy (non-hydrogen) atoms. The zero-order chi connectivity index (χ0) is 16.4. The minimum Gasteiger partial charge on any atom is -0.481 e. The minimum atomic E-state index is -1.50. The van der Waals surface area contributed by atoms with Gasteiger partial charge in [0, 0.05) is 17.6 Å². The number of hydrogen-bond donors (Lipinski definition) is 2. The molecule has 0 heterocycles. The summed E-state index contributed by atoms with van der Waals surface area (Å²) in [4.78, 5) is 23.6. The van der Waals surface area contributed by atoms with Crippen molar-refractivity contribution in [1.29, 1.82) is 0 Å². The maximum Gasteiger partial charge on any atom is 0.307 e. The van der Waals surface area contributed by atoms with E-state index in [1.165, 1.54) is 0 Å². The molecular weight excluding hydrogens is 292 g/mol. The zero-order valence-corrected chi connectivity index (χ0v) is 12.4. The van der Waals surface area contributed by atoms with Crippen molar-refractivity contribution in [3.05, 3.63) is 77.4 Å². The normalized spacial score (nSPS) is 20.8. The van der Waals surface area contributed by atoms with Gasteiger partial charge in [0.15, 0.2) is 5.78 Å². The summed E-state index contributed by atoms with van der Waals surface area (Å²) in [6.45, 7) is 0. The second kappa shape index (κ2) is 5.82. The number of ketones is 1. The summed E-state index contributed by atoms with van der Waals surface area (Å²) in [5.74, 6) is -1.41. The van der Waals surface area contributed by atoms with Crippen LogP contribution in [0.4, 0.5) is 0 Å². The van der Waals surface area contributed by atoms with Crippen molar-refractivity contribution in [2.24, 2.45) is 0 Å². The summed E-state index contributed by atoms with van der Waals surface area (Å²) < 4.78 is 0. The Bertz CT molecular complexity index is 778. The Balaban J connectivity index is 2.23. The summed E-state index contributed by atoms with van der Waals surface area (Å²) in [6.07, 6.45) is -0.526. The van der Waals surface area contributed by atoms with Gasteiger partial charge in [0.05, 0.1) is 6.42 Å². The first-order valence-corrected chi connectivity index (χ1v) is 7.34. The number of carbonyl (C=O) groups is 2. The van der Waals surface area contributed by atoms with Crippen LogP contribution in [-0.4, -0.2) is 22.0 Å². The number of carboxylic acid groups (broad SMARTS) is 1. The third-order valence-electron chi connectivity index (χ3n) is 4.11. The largest absolute Gasteiger partial charge is 0.481 e. The highest BCUT2D eigenvalue weighted by molar-refractivity contribution is 6.12. The molecule has 0 bridgehead atoms. The lowest BCUT2D eigenvalue weighted by Crippen LogP contribution is -2.25. The number of hydrogen-bond acceptors (Lipinski definition) is 3. The molecule has 0 radical (unpaired) electrons. The van der Waals surface area contributed by atoms with Crippen LogP contribution in [0.1, 0.15) is 24.0 Å². The molecule has 2 aromatic carbocycles. The Morgan fingerprint density at radius 2 is 1.57 bits per heavy atom. The Labute approximate surface area is 133 Å². The number of carbonyl (C=O) groups excluding carboxylic acids is 1. The fourth-order valence-corrected chi connectivity index (χ4v) is 3.13. The highest BCUT2D eigenvalue weighted by Crippen LogP contribution is 2.47. The van der Waals surface area contributed by atoms with Gasteiger partial charge in [-0.05, 0) is 11.1 Å². The molecule has 0 aliphatic heterocycles. The van der Waals surface area contributed by atoms with Crippen molar-refractivity contribution in [2.75, 3.05) is 0 Å². The molecule has 2 N–H and O–H groups in total. The van der Waals surface area contributed by atoms with Crippen LogP contribution >= 0.6 is 0 Å². The molecule has 1 aliphatic rings. The monoisotopic (exact) mass is 308 g/mol. The fourth-order valence-electron chi connectivity index (χ4n) is 3.13. The van der Waals surface area contributed by atoms with Gasteiger partial charge in [0.2, 0.25) is 0 Å². The van der Waals surface area contributed by atoms with Gasteiger partial charge in [-0.3, -0.25) is 9.59 Å². The van der Waals surface area contributed by atoms with E-state index < -0.39 is 18.0 Å². The molecule has 4 nitrogen and oxygen atoms in total. The van der Waals surface area contributed by atoms with Gasteiger partial charge in [-0.15, -0.1) is 0 Å². The first-order valence-electron chi connectivity index (χ1n) is 7.34. The van der Waals surface area contributed by atoms with Gasteiger partial charge in [-0.2, -0.15) is 0 Å². The molecule has 0 unspecified atom stereocenters. The van der Waals surface area contributed by atoms with E-state index in [-0.39, 0.29) is 17.8 Å². The maximum atomic E-state index is 12.4. The number of aliphatic hydroxyl groups is 1. The van der Waals surface area contributed by atoms with E-state index in [4.69, 9.17) is 5.11 Å². The van der Waals surface area contributed by atoms with Crippen molar-refractivity contribution >= 4 is 17.3 Å². The average molecular weight is 308 g/mol. The second-order valence-corrected chi connectivity index (χ2v) is 5.62. The number of Topliss-reactive ketones (excluding diaryl/α,β-unsaturated/α-hetero) is 1. The summed E-state index contributed by atoms with van der Waals surface area (Å²) >= 11 is 0. The van der Waals surface area contributed by atoms with Crippen LogP contribution in [0.25, 0.3) is 5.57 Å². The molecular formula is C19H16O4. The van der Waals surface area contributed by atoms with E-state index in [1.807, 2.05) is 12.1 Å². The molecule has 0 saturated heterocycles. The quantitative estimate of drug-likeness (QED) is 0.911. The third kappa shape index (κ3) is 2.69. The number of aliphatic carboxylic acids is 1. The minimum absolute atomic E-state index is 0.135. The van der Waals surface area contributed by atoms with Crippen molar-refractivity contribution in [3.8, 4) is 0 Å². The first-order chi connectivity index (χ1) is 11.0. The fraction of sp³-hybridized carbons (Fsp3) is 0.158. The Morgan fingerprint density at radius 1 is 1.00 bits per heavy atom. The molecule has 2 aromatic rings. The topological polar surface area (TPSA) is 74.6 Å². The van der Waals surface area contributed by atoms with E-state index in [0.29, 0.717) is 16.7 Å². The second-order valence-electron chi connectivity index (χ2n) is 5.62. The highest BCUT2D eigenvalue weighted by atomic mass is 16.4. The summed E-state index contributed by atoms with van der Waals surface area (Å²) in [6, 6.07) is 17.9. The van der Waals surface area contributed by atoms with Gasteiger partial charge in [-0.1, -0.05) is 60.7 Å². The highest BCUT2D eigenvalue weighted by Gasteiger charge is 2.46. The summed E-state index contributed by atoms with van der Waals surface area (Å²) in [5.41, 5.74) is 0.338. The number of carboxylic acids is 1.